The van der Waals surface area contributed by atoms with Crippen molar-refractivity contribution in [1.82, 2.24) is 20.4 Å². The Kier molecular flexibility index (Phi) is 2.99. The summed E-state index contributed by atoms with van der Waals surface area (Å²) in [6.07, 6.45) is 1.52. The number of pyridine rings is 1. The maximum atomic E-state index is 11.7. The second-order valence-electron chi connectivity index (χ2n) is 3.35. The molecule has 0 saturated heterocycles. The van der Waals surface area contributed by atoms with Crippen LogP contribution in [0.4, 0.5) is 5.82 Å². The van der Waals surface area contributed by atoms with Crippen molar-refractivity contribution < 1.29 is 9.32 Å². The Bertz CT molecular complexity index is 537. The number of rotatable bonds is 3. The van der Waals surface area contributed by atoms with Gasteiger partial charge in [0.15, 0.2) is 5.82 Å². The van der Waals surface area contributed by atoms with Crippen LogP contribution in [0, 0.1) is 6.92 Å². The van der Waals surface area contributed by atoms with Gasteiger partial charge in [-0.1, -0.05) is 5.16 Å². The van der Waals surface area contributed by atoms with E-state index in [9.17, 15) is 4.79 Å². The molecule has 0 saturated carbocycles. The molecule has 17 heavy (non-hydrogen) atoms. The minimum absolute atomic E-state index is 0.185. The van der Waals surface area contributed by atoms with Crippen molar-refractivity contribution in [3.63, 3.8) is 0 Å². The molecule has 0 bridgehead atoms. The fraction of sp³-hybridized carbons (Fsp3) is 0.200. The monoisotopic (exact) mass is 233 g/mol. The lowest BCUT2D eigenvalue weighted by Crippen LogP contribution is -2.24. The third-order valence-electron chi connectivity index (χ3n) is 2.06. The van der Waals surface area contributed by atoms with Crippen LogP contribution in [0.1, 0.15) is 22.1 Å². The SMILES string of the molecule is Cc1nc(CNC(=O)c2cccnc2N)no1. The molecule has 2 heterocycles. The summed E-state index contributed by atoms with van der Waals surface area (Å²) >= 11 is 0. The van der Waals surface area contributed by atoms with Crippen molar-refractivity contribution in [2.45, 2.75) is 13.5 Å². The van der Waals surface area contributed by atoms with E-state index in [1.54, 1.807) is 19.1 Å². The summed E-state index contributed by atoms with van der Waals surface area (Å²) in [5.74, 6) is 0.737. The molecular weight excluding hydrogens is 222 g/mol. The van der Waals surface area contributed by atoms with Crippen molar-refractivity contribution in [2.75, 3.05) is 5.73 Å². The molecule has 88 valence electrons. The normalized spacial score (nSPS) is 10.2. The Balaban J connectivity index is 2.01. The number of nitrogen functional groups attached to an aromatic ring is 1. The van der Waals surface area contributed by atoms with Gasteiger partial charge in [0.2, 0.25) is 5.89 Å². The van der Waals surface area contributed by atoms with Crippen LogP contribution in [0.25, 0.3) is 0 Å². The number of nitrogens with one attached hydrogen (secondary N) is 1. The maximum absolute atomic E-state index is 11.7. The van der Waals surface area contributed by atoms with Crippen LogP contribution in [0.3, 0.4) is 0 Å². The highest BCUT2D eigenvalue weighted by Gasteiger charge is 2.10. The van der Waals surface area contributed by atoms with Gasteiger partial charge in [-0.2, -0.15) is 4.98 Å². The fourth-order valence-electron chi connectivity index (χ4n) is 1.28. The number of carbonyl (C=O) groups excluding carboxylic acids is 1. The number of amides is 1. The smallest absolute Gasteiger partial charge is 0.255 e. The highest BCUT2D eigenvalue weighted by atomic mass is 16.5. The first-order chi connectivity index (χ1) is 8.16. The third kappa shape index (κ3) is 2.57. The van der Waals surface area contributed by atoms with Crippen LogP contribution in [-0.2, 0) is 6.54 Å². The number of hydrogen-bond donors (Lipinski definition) is 2. The Morgan fingerprint density at radius 2 is 2.41 bits per heavy atom. The van der Waals surface area contributed by atoms with E-state index in [2.05, 4.69) is 20.4 Å². The molecule has 0 fully saturated rings. The van der Waals surface area contributed by atoms with Crippen LogP contribution in [0.15, 0.2) is 22.9 Å². The molecule has 0 spiro atoms. The largest absolute Gasteiger partial charge is 0.383 e. The molecular formula is C10H11N5O2. The minimum atomic E-state index is -0.321. The molecule has 2 aromatic heterocycles. The summed E-state index contributed by atoms with van der Waals surface area (Å²) in [7, 11) is 0. The summed E-state index contributed by atoms with van der Waals surface area (Å²) < 4.78 is 4.78. The molecule has 0 aromatic carbocycles. The fourth-order valence-corrected chi connectivity index (χ4v) is 1.28. The first kappa shape index (κ1) is 11.1. The number of aryl methyl sites for hydroxylation is 1. The highest BCUT2D eigenvalue weighted by Crippen LogP contribution is 2.06. The third-order valence-corrected chi connectivity index (χ3v) is 2.06. The van der Waals surface area contributed by atoms with E-state index in [0.29, 0.717) is 17.3 Å². The van der Waals surface area contributed by atoms with Crippen molar-refractivity contribution in [1.29, 1.82) is 0 Å². The summed E-state index contributed by atoms with van der Waals surface area (Å²) in [5, 5.41) is 6.28. The van der Waals surface area contributed by atoms with Crippen LogP contribution in [0.2, 0.25) is 0 Å². The summed E-state index contributed by atoms with van der Waals surface area (Å²) in [6.45, 7) is 1.86. The molecule has 2 rings (SSSR count). The highest BCUT2D eigenvalue weighted by molar-refractivity contribution is 5.98. The van der Waals surface area contributed by atoms with Crippen LogP contribution in [-0.4, -0.2) is 21.0 Å². The molecule has 7 nitrogen and oxygen atoms in total. The molecule has 3 N–H and O–H groups in total. The summed E-state index contributed by atoms with van der Waals surface area (Å²) in [5.41, 5.74) is 5.90. The van der Waals surface area contributed by atoms with Gasteiger partial charge in [-0.05, 0) is 12.1 Å². The van der Waals surface area contributed by atoms with Gasteiger partial charge in [-0.3, -0.25) is 4.79 Å². The standard InChI is InChI=1S/C10H11N5O2/c1-6-14-8(15-17-6)5-13-10(16)7-3-2-4-12-9(7)11/h2-4H,5H2,1H3,(H2,11,12)(H,13,16). The van der Waals surface area contributed by atoms with Gasteiger partial charge in [0.25, 0.3) is 5.91 Å². The van der Waals surface area contributed by atoms with E-state index < -0.39 is 0 Å². The molecule has 1 amide bonds. The zero-order valence-electron chi connectivity index (χ0n) is 9.17. The van der Waals surface area contributed by atoms with Gasteiger partial charge in [0.1, 0.15) is 5.82 Å². The van der Waals surface area contributed by atoms with E-state index >= 15 is 0 Å². The second-order valence-corrected chi connectivity index (χ2v) is 3.35. The van der Waals surface area contributed by atoms with E-state index in [4.69, 9.17) is 10.3 Å². The molecule has 2 aromatic rings. The van der Waals surface area contributed by atoms with Gasteiger partial charge in [-0.15, -0.1) is 0 Å². The van der Waals surface area contributed by atoms with E-state index in [0.717, 1.165) is 0 Å². The Morgan fingerprint density at radius 1 is 1.59 bits per heavy atom. The first-order valence-electron chi connectivity index (χ1n) is 4.94. The zero-order chi connectivity index (χ0) is 12.3. The number of hydrogen-bond acceptors (Lipinski definition) is 6. The Morgan fingerprint density at radius 3 is 3.06 bits per heavy atom. The lowest BCUT2D eigenvalue weighted by atomic mass is 10.2. The van der Waals surface area contributed by atoms with E-state index in [1.807, 2.05) is 0 Å². The van der Waals surface area contributed by atoms with Gasteiger partial charge in [0.05, 0.1) is 12.1 Å². The molecule has 7 heteroatoms. The van der Waals surface area contributed by atoms with Gasteiger partial charge in [-0.25, -0.2) is 4.98 Å². The van der Waals surface area contributed by atoms with E-state index in [-0.39, 0.29) is 18.3 Å². The summed E-state index contributed by atoms with van der Waals surface area (Å²) in [4.78, 5) is 19.5. The van der Waals surface area contributed by atoms with Crippen LogP contribution in [0.5, 0.6) is 0 Å². The molecule has 0 aliphatic carbocycles. The first-order valence-corrected chi connectivity index (χ1v) is 4.94. The second kappa shape index (κ2) is 4.60. The predicted molar refractivity (Wildman–Crippen MR) is 58.9 cm³/mol. The Hall–Kier alpha value is -2.44. The number of nitrogens with two attached hydrogens (primary N) is 1. The van der Waals surface area contributed by atoms with Crippen LogP contribution >= 0.6 is 0 Å². The number of anilines is 1. The van der Waals surface area contributed by atoms with Crippen molar-refractivity contribution in [2.24, 2.45) is 0 Å². The molecule has 0 radical (unpaired) electrons. The van der Waals surface area contributed by atoms with Crippen LogP contribution < -0.4 is 11.1 Å². The molecule has 0 unspecified atom stereocenters. The summed E-state index contributed by atoms with van der Waals surface area (Å²) in [6, 6.07) is 3.24. The zero-order valence-corrected chi connectivity index (χ0v) is 9.17. The lowest BCUT2D eigenvalue weighted by molar-refractivity contribution is 0.0950. The van der Waals surface area contributed by atoms with Crippen molar-refractivity contribution in [3.8, 4) is 0 Å². The van der Waals surface area contributed by atoms with Gasteiger partial charge >= 0.3 is 0 Å². The predicted octanol–water partition coefficient (Wildman–Crippen LogP) is 0.285. The lowest BCUT2D eigenvalue weighted by Gasteiger charge is -2.03. The average Bonchev–Trinajstić information content (AvgIpc) is 2.73. The Labute approximate surface area is 97.0 Å². The minimum Gasteiger partial charge on any atom is -0.383 e. The van der Waals surface area contributed by atoms with E-state index in [1.165, 1.54) is 6.20 Å². The van der Waals surface area contributed by atoms with Gasteiger partial charge < -0.3 is 15.6 Å². The number of nitrogens with zero attached hydrogens (tertiary/aromatic N) is 3. The average molecular weight is 233 g/mol. The quantitative estimate of drug-likeness (QED) is 0.788. The van der Waals surface area contributed by atoms with Crippen molar-refractivity contribution >= 4 is 11.7 Å². The van der Waals surface area contributed by atoms with Gasteiger partial charge in [0, 0.05) is 13.1 Å². The topological polar surface area (TPSA) is 107 Å². The number of aromatic nitrogens is 3. The maximum Gasteiger partial charge on any atom is 0.255 e. The molecule has 0 aliphatic rings. The van der Waals surface area contributed by atoms with Crippen molar-refractivity contribution in [3.05, 3.63) is 35.6 Å². The molecule has 0 atom stereocenters. The number of carbonyl (C=O) groups is 1. The molecule has 0 aliphatic heterocycles.